The Morgan fingerprint density at radius 2 is 1.77 bits per heavy atom. The van der Waals surface area contributed by atoms with Gasteiger partial charge in [0.2, 0.25) is 5.78 Å². The highest BCUT2D eigenvalue weighted by Gasteiger charge is 2.17. The number of imidazole rings is 1. The lowest BCUT2D eigenvalue weighted by Gasteiger charge is -2.07. The van der Waals surface area contributed by atoms with Crippen LogP contribution in [0.25, 0.3) is 22.6 Å². The molecular weight excluding hydrogens is 390 g/mol. The van der Waals surface area contributed by atoms with Crippen molar-refractivity contribution in [2.75, 3.05) is 0 Å². The molecule has 0 saturated carbocycles. The molecule has 2 aromatic carbocycles. The Morgan fingerprint density at radius 1 is 1.00 bits per heavy atom. The molecule has 3 aromatic heterocycles. The topological polar surface area (TPSA) is 90.0 Å². The van der Waals surface area contributed by atoms with E-state index in [0.29, 0.717) is 23.7 Å². The number of nitrogens with zero attached hydrogens (tertiary/aromatic N) is 6. The summed E-state index contributed by atoms with van der Waals surface area (Å²) in [5.74, 6) is 0.336. The molecule has 0 bridgehead atoms. The number of hydrogen-bond acceptors (Lipinski definition) is 5. The van der Waals surface area contributed by atoms with Crippen LogP contribution in [0.3, 0.4) is 0 Å². The summed E-state index contributed by atoms with van der Waals surface area (Å²) in [5, 5.41) is 11.2. The molecule has 31 heavy (non-hydrogen) atoms. The molecule has 1 amide bonds. The largest absolute Gasteiger partial charge is 0.346 e. The molecule has 0 spiro atoms. The summed E-state index contributed by atoms with van der Waals surface area (Å²) in [6.07, 6.45) is 7.07. The summed E-state index contributed by atoms with van der Waals surface area (Å²) < 4.78 is 3.48. The van der Waals surface area contributed by atoms with Gasteiger partial charge in [0.05, 0.1) is 11.4 Å². The lowest BCUT2D eigenvalue weighted by molar-refractivity contribution is 0.0945. The Morgan fingerprint density at radius 3 is 2.58 bits per heavy atom. The summed E-state index contributed by atoms with van der Waals surface area (Å²) in [6, 6.07) is 18.2. The van der Waals surface area contributed by atoms with Gasteiger partial charge < -0.3 is 5.32 Å². The molecule has 0 aliphatic rings. The maximum absolute atomic E-state index is 12.7. The molecule has 0 saturated heterocycles. The van der Waals surface area contributed by atoms with Crippen molar-refractivity contribution in [3.8, 4) is 16.8 Å². The smallest absolute Gasteiger partial charge is 0.274 e. The zero-order chi connectivity index (χ0) is 21.2. The molecule has 0 radical (unpaired) electrons. The summed E-state index contributed by atoms with van der Waals surface area (Å²) in [7, 11) is 0. The van der Waals surface area contributed by atoms with Crippen molar-refractivity contribution < 1.29 is 4.79 Å². The van der Waals surface area contributed by atoms with E-state index in [1.807, 2.05) is 66.2 Å². The molecule has 0 aliphatic carbocycles. The van der Waals surface area contributed by atoms with Crippen molar-refractivity contribution in [1.29, 1.82) is 0 Å². The van der Waals surface area contributed by atoms with Crippen molar-refractivity contribution in [3.63, 3.8) is 0 Å². The molecular formula is C23H19N7O. The van der Waals surface area contributed by atoms with Crippen LogP contribution in [-0.2, 0) is 6.54 Å². The Labute approximate surface area is 178 Å². The van der Waals surface area contributed by atoms with Gasteiger partial charge in [-0.3, -0.25) is 9.20 Å². The summed E-state index contributed by atoms with van der Waals surface area (Å²) >= 11 is 0. The quantitative estimate of drug-likeness (QED) is 0.481. The standard InChI is InChI=1S/C23H19N7O/c1-16-21(22(31)25-13-17-14-26-23-24-11-12-29(23)15-17)27-28-30(16)20-9-7-19(8-10-20)18-5-3-2-4-6-18/h2-12,14-15H,13H2,1H3,(H,25,31). The Hall–Kier alpha value is -4.33. The number of aromatic nitrogens is 6. The summed E-state index contributed by atoms with van der Waals surface area (Å²) in [4.78, 5) is 21.0. The molecule has 0 atom stereocenters. The van der Waals surface area contributed by atoms with Crippen LogP contribution in [0.2, 0.25) is 0 Å². The number of fused-ring (bicyclic) bond motifs is 1. The molecule has 5 aromatic rings. The van der Waals surface area contributed by atoms with Crippen LogP contribution in [-0.4, -0.2) is 35.3 Å². The highest BCUT2D eigenvalue weighted by atomic mass is 16.2. The summed E-state index contributed by atoms with van der Waals surface area (Å²) in [6.45, 7) is 2.16. The Balaban J connectivity index is 1.31. The van der Waals surface area contributed by atoms with E-state index in [1.54, 1.807) is 17.1 Å². The fourth-order valence-electron chi connectivity index (χ4n) is 3.43. The zero-order valence-corrected chi connectivity index (χ0v) is 16.8. The third-order valence-electron chi connectivity index (χ3n) is 5.08. The molecule has 0 unspecified atom stereocenters. The SMILES string of the molecule is Cc1c(C(=O)NCc2cnc3nccn3c2)nnn1-c1ccc(-c2ccccc2)cc1. The van der Waals surface area contributed by atoms with E-state index in [2.05, 4.69) is 37.7 Å². The second-order valence-electron chi connectivity index (χ2n) is 7.13. The number of carbonyl (C=O) groups is 1. The molecule has 0 aliphatic heterocycles. The average Bonchev–Trinajstić information content (AvgIpc) is 3.44. The molecule has 3 heterocycles. The molecule has 5 rings (SSSR count). The first-order valence-corrected chi connectivity index (χ1v) is 9.83. The second kappa shape index (κ2) is 7.83. The minimum atomic E-state index is -0.282. The number of nitrogens with one attached hydrogen (secondary N) is 1. The third-order valence-corrected chi connectivity index (χ3v) is 5.08. The third kappa shape index (κ3) is 3.66. The number of amides is 1. The second-order valence-corrected chi connectivity index (χ2v) is 7.13. The molecule has 8 nitrogen and oxygen atoms in total. The van der Waals surface area contributed by atoms with Gasteiger partial charge in [-0.15, -0.1) is 5.10 Å². The minimum absolute atomic E-state index is 0.282. The van der Waals surface area contributed by atoms with E-state index in [9.17, 15) is 4.79 Å². The van der Waals surface area contributed by atoms with Gasteiger partial charge >= 0.3 is 0 Å². The van der Waals surface area contributed by atoms with E-state index >= 15 is 0 Å². The van der Waals surface area contributed by atoms with Crippen LogP contribution in [0.4, 0.5) is 0 Å². The molecule has 0 fully saturated rings. The number of benzene rings is 2. The average molecular weight is 409 g/mol. The fourth-order valence-corrected chi connectivity index (χ4v) is 3.43. The van der Waals surface area contributed by atoms with Crippen LogP contribution in [0.15, 0.2) is 79.4 Å². The van der Waals surface area contributed by atoms with Crippen molar-refractivity contribution >= 4 is 11.7 Å². The van der Waals surface area contributed by atoms with Crippen LogP contribution in [0, 0.1) is 6.92 Å². The monoisotopic (exact) mass is 409 g/mol. The van der Waals surface area contributed by atoms with Crippen LogP contribution in [0.1, 0.15) is 21.7 Å². The van der Waals surface area contributed by atoms with Crippen molar-refractivity contribution in [2.45, 2.75) is 13.5 Å². The molecule has 1 N–H and O–H groups in total. The van der Waals surface area contributed by atoms with Crippen LogP contribution in [0.5, 0.6) is 0 Å². The van der Waals surface area contributed by atoms with Crippen molar-refractivity contribution in [3.05, 3.63) is 96.3 Å². The first-order valence-electron chi connectivity index (χ1n) is 9.83. The fraction of sp³-hybridized carbons (Fsp3) is 0.0870. The van der Waals surface area contributed by atoms with E-state index in [0.717, 1.165) is 22.4 Å². The first kappa shape index (κ1) is 18.7. The van der Waals surface area contributed by atoms with E-state index in [4.69, 9.17) is 0 Å². The first-order chi connectivity index (χ1) is 15.2. The van der Waals surface area contributed by atoms with Gasteiger partial charge in [-0.25, -0.2) is 14.6 Å². The lowest BCUT2D eigenvalue weighted by Crippen LogP contribution is -2.24. The Bertz CT molecular complexity index is 1350. The maximum Gasteiger partial charge on any atom is 0.274 e. The van der Waals surface area contributed by atoms with Gasteiger partial charge in [0.25, 0.3) is 5.91 Å². The van der Waals surface area contributed by atoms with Gasteiger partial charge in [0.1, 0.15) is 0 Å². The van der Waals surface area contributed by atoms with Crippen molar-refractivity contribution in [1.82, 2.24) is 34.7 Å². The molecule has 152 valence electrons. The number of rotatable bonds is 5. The van der Waals surface area contributed by atoms with Crippen LogP contribution >= 0.6 is 0 Å². The molecule has 8 heteroatoms. The normalized spacial score (nSPS) is 11.0. The van der Waals surface area contributed by atoms with E-state index in [1.165, 1.54) is 0 Å². The van der Waals surface area contributed by atoms with Gasteiger partial charge in [-0.05, 0) is 30.2 Å². The predicted molar refractivity (Wildman–Crippen MR) is 116 cm³/mol. The Kier molecular flexibility index (Phi) is 4.72. The van der Waals surface area contributed by atoms with Gasteiger partial charge in [-0.1, -0.05) is 47.7 Å². The number of carbonyl (C=O) groups excluding carboxylic acids is 1. The van der Waals surface area contributed by atoms with Gasteiger partial charge in [0.15, 0.2) is 5.69 Å². The zero-order valence-electron chi connectivity index (χ0n) is 16.8. The minimum Gasteiger partial charge on any atom is -0.346 e. The maximum atomic E-state index is 12.7. The van der Waals surface area contributed by atoms with E-state index < -0.39 is 0 Å². The van der Waals surface area contributed by atoms with Gasteiger partial charge in [0, 0.05) is 36.9 Å². The predicted octanol–water partition coefficient (Wildman–Crippen LogP) is 3.22. The van der Waals surface area contributed by atoms with E-state index in [-0.39, 0.29) is 5.91 Å². The highest BCUT2D eigenvalue weighted by molar-refractivity contribution is 5.93. The van der Waals surface area contributed by atoms with Gasteiger partial charge in [-0.2, -0.15) is 0 Å². The van der Waals surface area contributed by atoms with Crippen LogP contribution < -0.4 is 5.32 Å². The lowest BCUT2D eigenvalue weighted by atomic mass is 10.1. The summed E-state index contributed by atoms with van der Waals surface area (Å²) in [5.41, 5.74) is 4.94. The van der Waals surface area contributed by atoms with Crippen molar-refractivity contribution in [2.24, 2.45) is 0 Å². The number of hydrogen-bond donors (Lipinski definition) is 1. The highest BCUT2D eigenvalue weighted by Crippen LogP contribution is 2.21.